The van der Waals surface area contributed by atoms with Crippen molar-refractivity contribution >= 4 is 0 Å². The fourth-order valence-corrected chi connectivity index (χ4v) is 2.19. The van der Waals surface area contributed by atoms with Crippen molar-refractivity contribution in [3.8, 4) is 0 Å². The maximum atomic E-state index is 5.78. The Kier molecular flexibility index (Phi) is 5.58. The third-order valence-electron chi connectivity index (χ3n) is 3.12. The summed E-state index contributed by atoms with van der Waals surface area (Å²) in [5.41, 5.74) is 0. The summed E-state index contributed by atoms with van der Waals surface area (Å²) in [4.78, 5) is 2.34. The van der Waals surface area contributed by atoms with E-state index >= 15 is 0 Å². The van der Waals surface area contributed by atoms with Gasteiger partial charge in [0.15, 0.2) is 0 Å². The molecule has 3 nitrogen and oxygen atoms in total. The molecule has 0 aromatic carbocycles. The van der Waals surface area contributed by atoms with E-state index in [-0.39, 0.29) is 0 Å². The lowest BCUT2D eigenvalue weighted by Crippen LogP contribution is -2.51. The topological polar surface area (TPSA) is 24.5 Å². The van der Waals surface area contributed by atoms with E-state index in [2.05, 4.69) is 38.0 Å². The Labute approximate surface area is 94.2 Å². The van der Waals surface area contributed by atoms with Crippen LogP contribution in [0.3, 0.4) is 0 Å². The molecule has 3 atom stereocenters. The van der Waals surface area contributed by atoms with E-state index in [9.17, 15) is 0 Å². The van der Waals surface area contributed by atoms with Crippen molar-refractivity contribution in [3.63, 3.8) is 0 Å². The van der Waals surface area contributed by atoms with Gasteiger partial charge in [-0.1, -0.05) is 13.3 Å². The van der Waals surface area contributed by atoms with Crippen molar-refractivity contribution in [2.75, 3.05) is 26.7 Å². The highest BCUT2D eigenvalue weighted by Gasteiger charge is 2.24. The molecule has 1 N–H and O–H groups in total. The van der Waals surface area contributed by atoms with Crippen LogP contribution in [-0.2, 0) is 4.74 Å². The number of likely N-dealkylation sites (N-methyl/N-ethyl adjacent to an activating group) is 1. The summed E-state index contributed by atoms with van der Waals surface area (Å²) >= 11 is 0. The Morgan fingerprint density at radius 1 is 1.47 bits per heavy atom. The lowest BCUT2D eigenvalue weighted by Gasteiger charge is -2.35. The number of hydrogen-bond acceptors (Lipinski definition) is 3. The van der Waals surface area contributed by atoms with Crippen LogP contribution in [0, 0.1) is 0 Å². The van der Waals surface area contributed by atoms with Crippen LogP contribution in [-0.4, -0.2) is 49.8 Å². The first kappa shape index (κ1) is 12.9. The molecule has 1 aliphatic heterocycles. The minimum Gasteiger partial charge on any atom is -0.374 e. The molecule has 0 aliphatic carbocycles. The summed E-state index contributed by atoms with van der Waals surface area (Å²) in [6.07, 6.45) is 2.84. The molecule has 15 heavy (non-hydrogen) atoms. The highest BCUT2D eigenvalue weighted by molar-refractivity contribution is 4.80. The van der Waals surface area contributed by atoms with Crippen molar-refractivity contribution in [3.05, 3.63) is 0 Å². The van der Waals surface area contributed by atoms with Gasteiger partial charge in [0.25, 0.3) is 0 Å². The van der Waals surface area contributed by atoms with Crippen LogP contribution in [0.4, 0.5) is 0 Å². The Balaban J connectivity index is 2.28. The molecule has 0 amide bonds. The molecule has 3 unspecified atom stereocenters. The molecule has 3 heteroatoms. The van der Waals surface area contributed by atoms with E-state index in [1.54, 1.807) is 0 Å². The normalized spacial score (nSPS) is 27.6. The van der Waals surface area contributed by atoms with Crippen LogP contribution in [0.1, 0.15) is 33.6 Å². The van der Waals surface area contributed by atoms with Gasteiger partial charge in [-0.05, 0) is 27.3 Å². The van der Waals surface area contributed by atoms with Crippen molar-refractivity contribution in [2.24, 2.45) is 0 Å². The lowest BCUT2D eigenvalue weighted by atomic mass is 10.1. The minimum atomic E-state index is 0.350. The fraction of sp³-hybridized carbons (Fsp3) is 1.00. The predicted octanol–water partition coefficient (Wildman–Crippen LogP) is 1.48. The van der Waals surface area contributed by atoms with Gasteiger partial charge < -0.3 is 15.0 Å². The average molecular weight is 214 g/mol. The quantitative estimate of drug-likeness (QED) is 0.750. The molecule has 1 saturated heterocycles. The average Bonchev–Trinajstić information content (AvgIpc) is 2.18. The molecular formula is C12H26N2O. The van der Waals surface area contributed by atoms with E-state index in [1.165, 1.54) is 12.8 Å². The zero-order valence-electron chi connectivity index (χ0n) is 10.6. The van der Waals surface area contributed by atoms with Crippen molar-refractivity contribution < 1.29 is 4.74 Å². The molecule has 1 rings (SSSR count). The molecule has 1 heterocycles. The first-order valence-corrected chi connectivity index (χ1v) is 6.19. The van der Waals surface area contributed by atoms with E-state index in [0.717, 1.165) is 19.7 Å². The van der Waals surface area contributed by atoms with Gasteiger partial charge >= 0.3 is 0 Å². The van der Waals surface area contributed by atoms with Gasteiger partial charge in [0.05, 0.1) is 12.7 Å². The van der Waals surface area contributed by atoms with Gasteiger partial charge in [0, 0.05) is 25.2 Å². The lowest BCUT2D eigenvalue weighted by molar-refractivity contribution is -0.0369. The predicted molar refractivity (Wildman–Crippen MR) is 64.2 cm³/mol. The van der Waals surface area contributed by atoms with Gasteiger partial charge in [0.2, 0.25) is 0 Å². The zero-order valence-corrected chi connectivity index (χ0v) is 10.6. The first-order valence-electron chi connectivity index (χ1n) is 6.19. The Hall–Kier alpha value is -0.120. The van der Waals surface area contributed by atoms with Crippen molar-refractivity contribution in [1.29, 1.82) is 0 Å². The number of rotatable bonds is 5. The summed E-state index contributed by atoms with van der Waals surface area (Å²) in [5.74, 6) is 0. The second-order valence-electron chi connectivity index (χ2n) is 4.82. The monoisotopic (exact) mass is 214 g/mol. The molecule has 0 spiro atoms. The second kappa shape index (κ2) is 6.46. The van der Waals surface area contributed by atoms with Gasteiger partial charge in [0.1, 0.15) is 0 Å². The van der Waals surface area contributed by atoms with Crippen LogP contribution in [0.15, 0.2) is 0 Å². The van der Waals surface area contributed by atoms with E-state index < -0.39 is 0 Å². The summed E-state index contributed by atoms with van der Waals surface area (Å²) in [7, 11) is 2.16. The standard InChI is InChI=1S/C12H26N2O/c1-5-6-10(2)13-11(3)12-9-14(4)7-8-15-12/h10-13H,5-9H2,1-4H3. The molecule has 0 saturated carbocycles. The number of morpholine rings is 1. The highest BCUT2D eigenvalue weighted by atomic mass is 16.5. The van der Waals surface area contributed by atoms with Crippen LogP contribution in [0.2, 0.25) is 0 Å². The first-order chi connectivity index (χ1) is 7.13. The number of nitrogens with zero attached hydrogens (tertiary/aromatic N) is 1. The van der Waals surface area contributed by atoms with E-state index in [0.29, 0.717) is 18.2 Å². The van der Waals surface area contributed by atoms with Gasteiger partial charge in [-0.2, -0.15) is 0 Å². The highest BCUT2D eigenvalue weighted by Crippen LogP contribution is 2.08. The van der Waals surface area contributed by atoms with Crippen LogP contribution in [0.25, 0.3) is 0 Å². The number of hydrogen-bond donors (Lipinski definition) is 1. The van der Waals surface area contributed by atoms with Crippen molar-refractivity contribution in [1.82, 2.24) is 10.2 Å². The zero-order chi connectivity index (χ0) is 11.3. The third kappa shape index (κ3) is 4.49. The van der Waals surface area contributed by atoms with Gasteiger partial charge in [-0.3, -0.25) is 0 Å². The Morgan fingerprint density at radius 2 is 2.20 bits per heavy atom. The summed E-state index contributed by atoms with van der Waals surface area (Å²) < 4.78 is 5.78. The second-order valence-corrected chi connectivity index (χ2v) is 4.82. The molecule has 0 aromatic heterocycles. The smallest absolute Gasteiger partial charge is 0.0852 e. The molecule has 0 bridgehead atoms. The van der Waals surface area contributed by atoms with Gasteiger partial charge in [-0.25, -0.2) is 0 Å². The molecular weight excluding hydrogens is 188 g/mol. The Bertz CT molecular complexity index is 175. The summed E-state index contributed by atoms with van der Waals surface area (Å²) in [5, 5.41) is 3.62. The SMILES string of the molecule is CCCC(C)NC(C)C1CN(C)CCO1. The van der Waals surface area contributed by atoms with E-state index in [1.807, 2.05) is 0 Å². The fourth-order valence-electron chi connectivity index (χ4n) is 2.19. The summed E-state index contributed by atoms with van der Waals surface area (Å²) in [6.45, 7) is 9.70. The summed E-state index contributed by atoms with van der Waals surface area (Å²) in [6, 6.07) is 1.05. The molecule has 0 radical (unpaired) electrons. The molecule has 0 aromatic rings. The molecule has 90 valence electrons. The van der Waals surface area contributed by atoms with Crippen LogP contribution in [0.5, 0.6) is 0 Å². The van der Waals surface area contributed by atoms with Crippen LogP contribution < -0.4 is 5.32 Å². The number of ether oxygens (including phenoxy) is 1. The maximum absolute atomic E-state index is 5.78. The van der Waals surface area contributed by atoms with Gasteiger partial charge in [-0.15, -0.1) is 0 Å². The minimum absolute atomic E-state index is 0.350. The van der Waals surface area contributed by atoms with Crippen molar-refractivity contribution in [2.45, 2.75) is 51.8 Å². The molecule has 1 fully saturated rings. The van der Waals surface area contributed by atoms with E-state index in [4.69, 9.17) is 4.74 Å². The third-order valence-corrected chi connectivity index (χ3v) is 3.12. The maximum Gasteiger partial charge on any atom is 0.0852 e. The Morgan fingerprint density at radius 3 is 2.80 bits per heavy atom. The number of nitrogens with one attached hydrogen (secondary N) is 1. The molecule has 1 aliphatic rings. The largest absolute Gasteiger partial charge is 0.374 e. The van der Waals surface area contributed by atoms with Crippen LogP contribution >= 0.6 is 0 Å².